The summed E-state index contributed by atoms with van der Waals surface area (Å²) in [4.78, 5) is 5.04. The van der Waals surface area contributed by atoms with E-state index in [0.29, 0.717) is 26.9 Å². The van der Waals surface area contributed by atoms with E-state index in [1.54, 1.807) is 37.4 Å². The fraction of sp³-hybridized carbons (Fsp3) is 0.474. The molecule has 0 unspecified atom stereocenters. The van der Waals surface area contributed by atoms with Crippen LogP contribution in [-0.4, -0.2) is 49.7 Å². The van der Waals surface area contributed by atoms with Crippen molar-refractivity contribution in [1.82, 2.24) is 14.6 Å². The molecule has 0 aliphatic rings. The topological polar surface area (TPSA) is 125 Å². The van der Waals surface area contributed by atoms with Gasteiger partial charge in [0.2, 0.25) is 4.96 Å². The average molecular weight is 440 g/mol. The number of fused-ring (bicyclic) bond motifs is 1. The van der Waals surface area contributed by atoms with Gasteiger partial charge in [0.1, 0.15) is 10.6 Å². The quantitative estimate of drug-likeness (QED) is 0.537. The zero-order chi connectivity index (χ0) is 21.8. The highest BCUT2D eigenvalue weighted by Crippen LogP contribution is 2.33. The summed E-state index contributed by atoms with van der Waals surface area (Å²) in [6.45, 7) is 7.47. The van der Waals surface area contributed by atoms with Gasteiger partial charge < -0.3 is 15.3 Å². The van der Waals surface area contributed by atoms with Crippen molar-refractivity contribution in [2.75, 3.05) is 5.75 Å². The maximum Gasteiger partial charge on any atom is 0.213 e. The van der Waals surface area contributed by atoms with E-state index in [-0.39, 0.29) is 10.5 Å². The van der Waals surface area contributed by atoms with Gasteiger partial charge in [0.25, 0.3) is 0 Å². The van der Waals surface area contributed by atoms with Crippen LogP contribution in [0.15, 0.2) is 23.1 Å². The van der Waals surface area contributed by atoms with Crippen LogP contribution >= 0.6 is 11.3 Å². The van der Waals surface area contributed by atoms with Gasteiger partial charge in [0.05, 0.1) is 34.2 Å². The van der Waals surface area contributed by atoms with Crippen molar-refractivity contribution in [3.05, 3.63) is 34.5 Å². The second kappa shape index (κ2) is 7.13. The van der Waals surface area contributed by atoms with Crippen molar-refractivity contribution in [3.8, 4) is 11.3 Å². The van der Waals surface area contributed by atoms with Crippen LogP contribution in [-0.2, 0) is 22.0 Å². The number of nitrogens with zero attached hydrogens (tertiary/aromatic N) is 3. The first-order valence-corrected chi connectivity index (χ1v) is 11.5. The third kappa shape index (κ3) is 4.36. The number of aliphatic hydroxyl groups is 3. The average Bonchev–Trinajstić information content (AvgIpc) is 3.08. The molecule has 3 aromatic rings. The summed E-state index contributed by atoms with van der Waals surface area (Å²) >= 11 is 1.26. The van der Waals surface area contributed by atoms with E-state index in [1.165, 1.54) is 31.3 Å². The molecule has 0 fully saturated rings. The number of aromatic nitrogens is 3. The Morgan fingerprint density at radius 2 is 1.83 bits per heavy atom. The maximum atomic E-state index is 12.9. The SMILES string of the molecule is Cc1nc2sc(C(C)(C)O)nn2c1-c1ccc(CO)c(S(=O)(=O)CC(C)(C)O)c1. The van der Waals surface area contributed by atoms with Crippen LogP contribution in [0, 0.1) is 6.92 Å². The predicted molar refractivity (Wildman–Crippen MR) is 111 cm³/mol. The fourth-order valence-electron chi connectivity index (χ4n) is 3.09. The number of sulfone groups is 1. The lowest BCUT2D eigenvalue weighted by Crippen LogP contribution is -2.30. The maximum absolute atomic E-state index is 12.9. The molecule has 0 aliphatic carbocycles. The molecule has 0 bridgehead atoms. The molecule has 10 heteroatoms. The highest BCUT2D eigenvalue weighted by atomic mass is 32.2. The van der Waals surface area contributed by atoms with E-state index in [4.69, 9.17) is 0 Å². The molecule has 0 saturated carbocycles. The van der Waals surface area contributed by atoms with Gasteiger partial charge in [-0.25, -0.2) is 17.9 Å². The first kappa shape index (κ1) is 21.8. The first-order valence-electron chi connectivity index (χ1n) is 9.01. The highest BCUT2D eigenvalue weighted by molar-refractivity contribution is 7.91. The summed E-state index contributed by atoms with van der Waals surface area (Å²) in [5.41, 5.74) is -0.457. The number of benzene rings is 1. The molecule has 0 saturated heterocycles. The Hall–Kier alpha value is -1.85. The fourth-order valence-corrected chi connectivity index (χ4v) is 5.96. The molecule has 2 heterocycles. The third-order valence-electron chi connectivity index (χ3n) is 4.29. The second-order valence-corrected chi connectivity index (χ2v) is 11.2. The molecule has 3 N–H and O–H groups in total. The van der Waals surface area contributed by atoms with Crippen molar-refractivity contribution < 1.29 is 23.7 Å². The van der Waals surface area contributed by atoms with Gasteiger partial charge in [-0.2, -0.15) is 5.10 Å². The van der Waals surface area contributed by atoms with Crippen LogP contribution in [0.2, 0.25) is 0 Å². The molecule has 2 aromatic heterocycles. The monoisotopic (exact) mass is 439 g/mol. The molecule has 0 aliphatic heterocycles. The summed E-state index contributed by atoms with van der Waals surface area (Å²) < 4.78 is 27.4. The molecule has 8 nitrogen and oxygen atoms in total. The Bertz CT molecular complexity index is 1170. The lowest BCUT2D eigenvalue weighted by atomic mass is 10.1. The van der Waals surface area contributed by atoms with Crippen molar-refractivity contribution in [2.45, 2.75) is 57.3 Å². The lowest BCUT2D eigenvalue weighted by molar-refractivity contribution is 0.0773. The summed E-state index contributed by atoms with van der Waals surface area (Å²) in [5.74, 6) is -0.475. The van der Waals surface area contributed by atoms with Gasteiger partial charge >= 0.3 is 0 Å². The Labute approximate surface area is 173 Å². The predicted octanol–water partition coefficient (Wildman–Crippen LogP) is 2.03. The Balaban J connectivity index is 2.20. The molecule has 1 aromatic carbocycles. The molecular weight excluding hydrogens is 414 g/mol. The lowest BCUT2D eigenvalue weighted by Gasteiger charge is -2.19. The zero-order valence-corrected chi connectivity index (χ0v) is 18.6. The van der Waals surface area contributed by atoms with E-state index in [0.717, 1.165) is 0 Å². The van der Waals surface area contributed by atoms with Crippen LogP contribution in [0.4, 0.5) is 0 Å². The van der Waals surface area contributed by atoms with Crippen molar-refractivity contribution in [3.63, 3.8) is 0 Å². The standard InChI is InChI=1S/C19H25N3O5S2/c1-11-15(22-17(20-11)28-16(21-22)19(4,5)25)12-6-7-13(9-23)14(8-12)29(26,27)10-18(2,3)24/h6-8,23-25H,9-10H2,1-5H3. The van der Waals surface area contributed by atoms with E-state index >= 15 is 0 Å². The molecule has 29 heavy (non-hydrogen) atoms. The van der Waals surface area contributed by atoms with Crippen LogP contribution in [0.3, 0.4) is 0 Å². The second-order valence-electron chi connectivity index (χ2n) is 8.26. The number of imidazole rings is 1. The molecule has 0 atom stereocenters. The first-order chi connectivity index (χ1) is 13.2. The van der Waals surface area contributed by atoms with Crippen LogP contribution in [0.5, 0.6) is 0 Å². The van der Waals surface area contributed by atoms with Crippen molar-refractivity contribution in [1.29, 1.82) is 0 Å². The van der Waals surface area contributed by atoms with Crippen molar-refractivity contribution in [2.24, 2.45) is 0 Å². The number of hydrogen-bond acceptors (Lipinski definition) is 8. The Morgan fingerprint density at radius 1 is 1.17 bits per heavy atom. The minimum absolute atomic E-state index is 0.0353. The Kier molecular flexibility index (Phi) is 5.38. The molecule has 0 amide bonds. The zero-order valence-electron chi connectivity index (χ0n) is 17.0. The van der Waals surface area contributed by atoms with E-state index in [9.17, 15) is 23.7 Å². The molecule has 3 rings (SSSR count). The smallest absolute Gasteiger partial charge is 0.213 e. The normalized spacial score (nSPS) is 13.4. The summed E-state index contributed by atoms with van der Waals surface area (Å²) in [6, 6.07) is 4.73. The van der Waals surface area contributed by atoms with E-state index < -0.39 is 33.4 Å². The minimum Gasteiger partial charge on any atom is -0.392 e. The van der Waals surface area contributed by atoms with Crippen LogP contribution < -0.4 is 0 Å². The molecule has 158 valence electrons. The summed E-state index contributed by atoms with van der Waals surface area (Å²) in [7, 11) is -3.86. The van der Waals surface area contributed by atoms with Gasteiger partial charge in [-0.1, -0.05) is 23.5 Å². The number of rotatable bonds is 6. The third-order valence-corrected chi connectivity index (χ3v) is 7.65. The van der Waals surface area contributed by atoms with Gasteiger partial charge in [0, 0.05) is 5.56 Å². The largest absolute Gasteiger partial charge is 0.392 e. The summed E-state index contributed by atoms with van der Waals surface area (Å²) in [5, 5.41) is 34.8. The van der Waals surface area contributed by atoms with Crippen LogP contribution in [0.1, 0.15) is 44.0 Å². The summed E-state index contributed by atoms with van der Waals surface area (Å²) in [6.07, 6.45) is 0. The van der Waals surface area contributed by atoms with Gasteiger partial charge in [0.15, 0.2) is 9.84 Å². The Morgan fingerprint density at radius 3 is 2.38 bits per heavy atom. The molecule has 0 spiro atoms. The van der Waals surface area contributed by atoms with Gasteiger partial charge in [-0.15, -0.1) is 0 Å². The van der Waals surface area contributed by atoms with Crippen LogP contribution in [0.25, 0.3) is 16.2 Å². The van der Waals surface area contributed by atoms with E-state index in [2.05, 4.69) is 10.1 Å². The van der Waals surface area contributed by atoms with Gasteiger partial charge in [-0.05, 0) is 46.2 Å². The van der Waals surface area contributed by atoms with E-state index in [1.807, 2.05) is 0 Å². The van der Waals surface area contributed by atoms with Crippen molar-refractivity contribution >= 4 is 26.1 Å². The minimum atomic E-state index is -3.86. The number of hydrogen-bond donors (Lipinski definition) is 3. The number of aliphatic hydroxyl groups excluding tert-OH is 1. The highest BCUT2D eigenvalue weighted by Gasteiger charge is 2.29. The molecule has 0 radical (unpaired) electrons. The number of aryl methyl sites for hydroxylation is 1. The van der Waals surface area contributed by atoms with Gasteiger partial charge in [-0.3, -0.25) is 0 Å². The molecular formula is C19H25N3O5S2.